The average Bonchev–Trinajstić information content (AvgIpc) is 2.28. The molecule has 1 saturated carbocycles. The first-order valence-electron chi connectivity index (χ1n) is 7.37. The van der Waals surface area contributed by atoms with Crippen LogP contribution >= 0.6 is 0 Å². The van der Waals surface area contributed by atoms with E-state index in [4.69, 9.17) is 11.1 Å². The van der Waals surface area contributed by atoms with Crippen molar-refractivity contribution in [2.24, 2.45) is 17.1 Å². The zero-order valence-corrected chi connectivity index (χ0v) is 12.6. The average molecular weight is 253 g/mol. The highest BCUT2D eigenvalue weighted by Crippen LogP contribution is 2.27. The molecule has 1 rings (SSSR count). The molecule has 1 aliphatic rings. The van der Waals surface area contributed by atoms with Gasteiger partial charge in [-0.05, 0) is 45.2 Å². The van der Waals surface area contributed by atoms with Gasteiger partial charge in [-0.15, -0.1) is 0 Å². The fraction of sp³-hybridized carbons (Fsp3) is 0.933. The summed E-state index contributed by atoms with van der Waals surface area (Å²) in [6.45, 7) is 7.64. The predicted molar refractivity (Wildman–Crippen MR) is 79.0 cm³/mol. The van der Waals surface area contributed by atoms with Gasteiger partial charge < -0.3 is 10.6 Å². The molecule has 18 heavy (non-hydrogen) atoms. The number of nitrogens with two attached hydrogens (primary N) is 1. The van der Waals surface area contributed by atoms with E-state index in [-0.39, 0.29) is 5.41 Å². The van der Waals surface area contributed by atoms with Crippen LogP contribution in [-0.4, -0.2) is 30.4 Å². The van der Waals surface area contributed by atoms with Crippen LogP contribution in [-0.2, 0) is 0 Å². The van der Waals surface area contributed by atoms with Crippen LogP contribution in [0.3, 0.4) is 0 Å². The molecule has 3 heteroatoms. The maximum Gasteiger partial charge on any atom is 0.0963 e. The SMILES string of the molecule is CC1CCCC(N(C)CCCC(C)(C)C(=N)N)C1. The largest absolute Gasteiger partial charge is 0.387 e. The first kappa shape index (κ1) is 15.5. The van der Waals surface area contributed by atoms with Crippen LogP contribution < -0.4 is 5.73 Å². The highest BCUT2D eigenvalue weighted by molar-refractivity contribution is 5.82. The summed E-state index contributed by atoms with van der Waals surface area (Å²) in [6.07, 6.45) is 7.64. The van der Waals surface area contributed by atoms with Crippen LogP contribution in [0, 0.1) is 16.7 Å². The molecule has 1 aliphatic carbocycles. The van der Waals surface area contributed by atoms with Gasteiger partial charge in [0.15, 0.2) is 0 Å². The highest BCUT2D eigenvalue weighted by atomic mass is 15.1. The van der Waals surface area contributed by atoms with Gasteiger partial charge in [-0.2, -0.15) is 0 Å². The molecule has 0 spiro atoms. The Balaban J connectivity index is 2.28. The second kappa shape index (κ2) is 6.55. The summed E-state index contributed by atoms with van der Waals surface area (Å²) >= 11 is 0. The number of nitrogens with one attached hydrogen (secondary N) is 1. The van der Waals surface area contributed by atoms with Gasteiger partial charge in [0, 0.05) is 11.5 Å². The molecule has 0 heterocycles. The molecule has 106 valence electrons. The molecule has 0 radical (unpaired) electrons. The quantitative estimate of drug-likeness (QED) is 0.564. The Morgan fingerprint density at radius 1 is 1.39 bits per heavy atom. The fourth-order valence-electron chi connectivity index (χ4n) is 2.89. The number of hydrogen-bond acceptors (Lipinski definition) is 2. The molecule has 0 aromatic rings. The molecule has 3 nitrogen and oxygen atoms in total. The Morgan fingerprint density at radius 2 is 2.06 bits per heavy atom. The lowest BCUT2D eigenvalue weighted by molar-refractivity contribution is 0.159. The minimum absolute atomic E-state index is 0.138. The van der Waals surface area contributed by atoms with Gasteiger partial charge in [0.1, 0.15) is 0 Å². The third-order valence-electron chi connectivity index (χ3n) is 4.57. The summed E-state index contributed by atoms with van der Waals surface area (Å²) < 4.78 is 0. The van der Waals surface area contributed by atoms with Crippen molar-refractivity contribution >= 4 is 5.84 Å². The van der Waals surface area contributed by atoms with Gasteiger partial charge in [-0.1, -0.05) is 33.6 Å². The topological polar surface area (TPSA) is 53.1 Å². The van der Waals surface area contributed by atoms with Crippen molar-refractivity contribution in [1.82, 2.24) is 4.90 Å². The van der Waals surface area contributed by atoms with E-state index in [2.05, 4.69) is 32.7 Å². The first-order chi connectivity index (χ1) is 8.33. The van der Waals surface area contributed by atoms with E-state index < -0.39 is 0 Å². The molecular formula is C15H31N3. The number of rotatable bonds is 6. The van der Waals surface area contributed by atoms with Crippen molar-refractivity contribution in [3.05, 3.63) is 0 Å². The maximum atomic E-state index is 7.57. The standard InChI is InChI=1S/C15H31N3/c1-12-7-5-8-13(11-12)18(4)10-6-9-15(2,3)14(16)17/h12-13H,5-11H2,1-4H3,(H3,16,17). The number of amidine groups is 1. The van der Waals surface area contributed by atoms with Crippen molar-refractivity contribution in [2.45, 2.75) is 65.3 Å². The van der Waals surface area contributed by atoms with Crippen LogP contribution in [0.5, 0.6) is 0 Å². The molecule has 1 fully saturated rings. The lowest BCUT2D eigenvalue weighted by atomic mass is 9.85. The Morgan fingerprint density at radius 3 is 2.61 bits per heavy atom. The van der Waals surface area contributed by atoms with Crippen molar-refractivity contribution in [3.63, 3.8) is 0 Å². The normalized spacial score (nSPS) is 25.4. The van der Waals surface area contributed by atoms with Crippen molar-refractivity contribution in [1.29, 1.82) is 5.41 Å². The summed E-state index contributed by atoms with van der Waals surface area (Å²) in [5, 5.41) is 7.57. The third-order valence-corrected chi connectivity index (χ3v) is 4.57. The molecule has 0 saturated heterocycles. The Hall–Kier alpha value is -0.570. The lowest BCUT2D eigenvalue weighted by Gasteiger charge is -2.34. The van der Waals surface area contributed by atoms with Gasteiger partial charge in [0.25, 0.3) is 0 Å². The Kier molecular flexibility index (Phi) is 5.64. The summed E-state index contributed by atoms with van der Waals surface area (Å²) in [7, 11) is 2.25. The smallest absolute Gasteiger partial charge is 0.0963 e. The van der Waals surface area contributed by atoms with Gasteiger partial charge in [-0.3, -0.25) is 5.41 Å². The highest BCUT2D eigenvalue weighted by Gasteiger charge is 2.24. The molecule has 3 N–H and O–H groups in total. The van der Waals surface area contributed by atoms with Crippen molar-refractivity contribution < 1.29 is 0 Å². The monoisotopic (exact) mass is 253 g/mol. The lowest BCUT2D eigenvalue weighted by Crippen LogP contribution is -2.37. The first-order valence-corrected chi connectivity index (χ1v) is 7.37. The minimum Gasteiger partial charge on any atom is -0.387 e. The van der Waals surface area contributed by atoms with Gasteiger partial charge >= 0.3 is 0 Å². The van der Waals surface area contributed by atoms with Gasteiger partial charge in [0.05, 0.1) is 5.84 Å². The van der Waals surface area contributed by atoms with Crippen LogP contribution in [0.15, 0.2) is 0 Å². The summed E-state index contributed by atoms with van der Waals surface area (Å²) in [6, 6.07) is 0.772. The zero-order valence-electron chi connectivity index (χ0n) is 12.6. The van der Waals surface area contributed by atoms with Crippen LogP contribution in [0.2, 0.25) is 0 Å². The molecule has 2 unspecified atom stereocenters. The van der Waals surface area contributed by atoms with Crippen LogP contribution in [0.25, 0.3) is 0 Å². The Labute approximate surface area is 113 Å². The summed E-state index contributed by atoms with van der Waals surface area (Å²) in [5.74, 6) is 1.20. The van der Waals surface area contributed by atoms with Gasteiger partial charge in [-0.25, -0.2) is 0 Å². The van der Waals surface area contributed by atoms with Crippen LogP contribution in [0.1, 0.15) is 59.3 Å². The molecule has 2 atom stereocenters. The second-order valence-corrected chi connectivity index (χ2v) is 6.81. The molecule has 0 aromatic heterocycles. The second-order valence-electron chi connectivity index (χ2n) is 6.81. The summed E-state index contributed by atoms with van der Waals surface area (Å²) in [4.78, 5) is 2.52. The molecule has 0 amide bonds. The van der Waals surface area contributed by atoms with Crippen molar-refractivity contribution in [2.75, 3.05) is 13.6 Å². The Bertz CT molecular complexity index is 273. The molecule has 0 aliphatic heterocycles. The van der Waals surface area contributed by atoms with E-state index in [0.717, 1.165) is 31.3 Å². The van der Waals surface area contributed by atoms with E-state index in [9.17, 15) is 0 Å². The van der Waals surface area contributed by atoms with Crippen molar-refractivity contribution in [3.8, 4) is 0 Å². The van der Waals surface area contributed by atoms with Gasteiger partial charge in [0.2, 0.25) is 0 Å². The van der Waals surface area contributed by atoms with E-state index >= 15 is 0 Å². The van der Waals surface area contributed by atoms with E-state index in [1.54, 1.807) is 0 Å². The minimum atomic E-state index is -0.138. The van der Waals surface area contributed by atoms with E-state index in [1.165, 1.54) is 25.7 Å². The van der Waals surface area contributed by atoms with E-state index in [0.29, 0.717) is 5.84 Å². The maximum absolute atomic E-state index is 7.57. The zero-order chi connectivity index (χ0) is 13.8. The molecular weight excluding hydrogens is 222 g/mol. The third kappa shape index (κ3) is 4.60. The summed E-state index contributed by atoms with van der Waals surface area (Å²) in [5.41, 5.74) is 5.48. The van der Waals surface area contributed by atoms with Crippen LogP contribution in [0.4, 0.5) is 0 Å². The number of nitrogens with zero attached hydrogens (tertiary/aromatic N) is 1. The fourth-order valence-corrected chi connectivity index (χ4v) is 2.89. The molecule has 0 bridgehead atoms. The van der Waals surface area contributed by atoms with E-state index in [1.807, 2.05) is 0 Å². The predicted octanol–water partition coefficient (Wildman–Crippen LogP) is 3.24. The molecule has 0 aromatic carbocycles. The number of hydrogen-bond donors (Lipinski definition) is 2.